The third kappa shape index (κ3) is 1.50. The van der Waals surface area contributed by atoms with Gasteiger partial charge in [0.15, 0.2) is 0 Å². The zero-order valence-electron chi connectivity index (χ0n) is 6.96. The van der Waals surface area contributed by atoms with Gasteiger partial charge in [0, 0.05) is 13.5 Å². The maximum absolute atomic E-state index is 5.59. The lowest BCUT2D eigenvalue weighted by Crippen LogP contribution is -2.21. The third-order valence-corrected chi connectivity index (χ3v) is 2.09. The summed E-state index contributed by atoms with van der Waals surface area (Å²) in [5.41, 5.74) is 0. The van der Waals surface area contributed by atoms with E-state index in [1.54, 1.807) is 7.11 Å². The van der Waals surface area contributed by atoms with Crippen molar-refractivity contribution in [2.24, 2.45) is 0 Å². The van der Waals surface area contributed by atoms with E-state index in [-0.39, 0.29) is 0 Å². The molecule has 10 heavy (non-hydrogen) atoms. The number of hydrogen-bond donors (Lipinski definition) is 0. The first-order valence-electron chi connectivity index (χ1n) is 3.96. The summed E-state index contributed by atoms with van der Waals surface area (Å²) in [5, 5.41) is 0. The summed E-state index contributed by atoms with van der Waals surface area (Å²) in [4.78, 5) is 0. The van der Waals surface area contributed by atoms with E-state index < -0.39 is 0 Å². The van der Waals surface area contributed by atoms with E-state index in [0.29, 0.717) is 18.3 Å². The molecule has 3 unspecified atom stereocenters. The van der Waals surface area contributed by atoms with E-state index in [0.717, 1.165) is 12.8 Å². The molecule has 0 aliphatic carbocycles. The zero-order chi connectivity index (χ0) is 7.56. The predicted octanol–water partition coefficient (Wildman–Crippen LogP) is 1.59. The largest absolute Gasteiger partial charge is 0.379 e. The van der Waals surface area contributed by atoms with E-state index in [4.69, 9.17) is 9.47 Å². The minimum Gasteiger partial charge on any atom is -0.379 e. The third-order valence-electron chi connectivity index (χ3n) is 2.09. The smallest absolute Gasteiger partial charge is 0.0857 e. The SMILES string of the molecule is CCC1OC(C)CC1OC. The average Bonchev–Trinajstić information content (AvgIpc) is 2.30. The summed E-state index contributed by atoms with van der Waals surface area (Å²) in [7, 11) is 1.76. The molecule has 0 saturated carbocycles. The maximum atomic E-state index is 5.59. The van der Waals surface area contributed by atoms with Crippen molar-refractivity contribution in [1.29, 1.82) is 0 Å². The van der Waals surface area contributed by atoms with Crippen LogP contribution in [0.1, 0.15) is 26.7 Å². The van der Waals surface area contributed by atoms with Gasteiger partial charge in [0.2, 0.25) is 0 Å². The molecule has 1 saturated heterocycles. The average molecular weight is 144 g/mol. The van der Waals surface area contributed by atoms with Crippen molar-refractivity contribution < 1.29 is 9.47 Å². The van der Waals surface area contributed by atoms with Crippen molar-refractivity contribution in [3.63, 3.8) is 0 Å². The Morgan fingerprint density at radius 3 is 2.70 bits per heavy atom. The van der Waals surface area contributed by atoms with Gasteiger partial charge < -0.3 is 9.47 Å². The molecule has 0 amide bonds. The van der Waals surface area contributed by atoms with Crippen LogP contribution in [0.5, 0.6) is 0 Å². The number of methoxy groups -OCH3 is 1. The Hall–Kier alpha value is -0.0800. The van der Waals surface area contributed by atoms with Gasteiger partial charge >= 0.3 is 0 Å². The van der Waals surface area contributed by atoms with Crippen molar-refractivity contribution in [3.8, 4) is 0 Å². The normalized spacial score (nSPS) is 40.5. The molecule has 2 heteroatoms. The van der Waals surface area contributed by atoms with E-state index in [9.17, 15) is 0 Å². The first kappa shape index (κ1) is 8.02. The van der Waals surface area contributed by atoms with Crippen LogP contribution in [0.3, 0.4) is 0 Å². The Bertz CT molecular complexity index is 91.4. The number of hydrogen-bond acceptors (Lipinski definition) is 2. The van der Waals surface area contributed by atoms with Crippen molar-refractivity contribution >= 4 is 0 Å². The van der Waals surface area contributed by atoms with Crippen LogP contribution in [-0.2, 0) is 9.47 Å². The molecule has 1 fully saturated rings. The summed E-state index contributed by atoms with van der Waals surface area (Å²) >= 11 is 0. The van der Waals surface area contributed by atoms with Gasteiger partial charge in [-0.15, -0.1) is 0 Å². The lowest BCUT2D eigenvalue weighted by molar-refractivity contribution is -0.00251. The molecule has 3 atom stereocenters. The van der Waals surface area contributed by atoms with Crippen LogP contribution in [0.15, 0.2) is 0 Å². The van der Waals surface area contributed by atoms with Crippen molar-refractivity contribution in [2.45, 2.75) is 45.0 Å². The molecular formula is C8H16O2. The van der Waals surface area contributed by atoms with Crippen LogP contribution in [0.4, 0.5) is 0 Å². The molecule has 1 aliphatic heterocycles. The Balaban J connectivity index is 2.41. The van der Waals surface area contributed by atoms with Gasteiger partial charge in [-0.05, 0) is 13.3 Å². The lowest BCUT2D eigenvalue weighted by atomic mass is 10.1. The first-order valence-corrected chi connectivity index (χ1v) is 3.96. The molecule has 0 aromatic carbocycles. The molecule has 0 radical (unpaired) electrons. The summed E-state index contributed by atoms with van der Waals surface area (Å²) in [6.45, 7) is 4.23. The second kappa shape index (κ2) is 3.35. The van der Waals surface area contributed by atoms with Gasteiger partial charge in [0.05, 0.1) is 18.3 Å². The summed E-state index contributed by atoms with van der Waals surface area (Å²) < 4.78 is 10.8. The highest BCUT2D eigenvalue weighted by Crippen LogP contribution is 2.24. The highest BCUT2D eigenvalue weighted by molar-refractivity contribution is 4.79. The minimum absolute atomic E-state index is 0.333. The highest BCUT2D eigenvalue weighted by Gasteiger charge is 2.31. The Morgan fingerprint density at radius 1 is 1.60 bits per heavy atom. The van der Waals surface area contributed by atoms with E-state index in [1.807, 2.05) is 0 Å². The van der Waals surface area contributed by atoms with E-state index >= 15 is 0 Å². The fraction of sp³-hybridized carbons (Fsp3) is 1.00. The standard InChI is InChI=1S/C8H16O2/c1-4-7-8(9-3)5-6(2)10-7/h6-8H,4-5H2,1-3H3. The van der Waals surface area contributed by atoms with Crippen LogP contribution in [0.25, 0.3) is 0 Å². The molecular weight excluding hydrogens is 128 g/mol. The second-order valence-corrected chi connectivity index (χ2v) is 2.90. The van der Waals surface area contributed by atoms with Gasteiger partial charge in [-0.1, -0.05) is 6.92 Å². The van der Waals surface area contributed by atoms with Gasteiger partial charge in [-0.25, -0.2) is 0 Å². The van der Waals surface area contributed by atoms with Gasteiger partial charge in [-0.2, -0.15) is 0 Å². The van der Waals surface area contributed by atoms with Crippen molar-refractivity contribution in [1.82, 2.24) is 0 Å². The van der Waals surface area contributed by atoms with Crippen LogP contribution in [0.2, 0.25) is 0 Å². The number of rotatable bonds is 2. The van der Waals surface area contributed by atoms with Gasteiger partial charge in [0.1, 0.15) is 0 Å². The topological polar surface area (TPSA) is 18.5 Å². The van der Waals surface area contributed by atoms with Crippen LogP contribution >= 0.6 is 0 Å². The molecule has 0 spiro atoms. The predicted molar refractivity (Wildman–Crippen MR) is 40.0 cm³/mol. The van der Waals surface area contributed by atoms with Gasteiger partial charge in [-0.3, -0.25) is 0 Å². The Labute approximate surface area is 62.5 Å². The number of ether oxygens (including phenoxy) is 2. The minimum atomic E-state index is 0.333. The van der Waals surface area contributed by atoms with Crippen LogP contribution < -0.4 is 0 Å². The summed E-state index contributed by atoms with van der Waals surface area (Å²) in [6.07, 6.45) is 3.16. The van der Waals surface area contributed by atoms with E-state index in [2.05, 4.69) is 13.8 Å². The van der Waals surface area contributed by atoms with Gasteiger partial charge in [0.25, 0.3) is 0 Å². The fourth-order valence-corrected chi connectivity index (χ4v) is 1.53. The molecule has 0 aromatic heterocycles. The maximum Gasteiger partial charge on any atom is 0.0857 e. The van der Waals surface area contributed by atoms with Crippen molar-refractivity contribution in [3.05, 3.63) is 0 Å². The molecule has 2 nitrogen and oxygen atoms in total. The highest BCUT2D eigenvalue weighted by atomic mass is 16.6. The Kier molecular flexibility index (Phi) is 2.69. The molecule has 60 valence electrons. The molecule has 1 aliphatic rings. The summed E-state index contributed by atoms with van der Waals surface area (Å²) in [6, 6.07) is 0. The molecule has 0 bridgehead atoms. The van der Waals surface area contributed by atoms with Crippen LogP contribution in [-0.4, -0.2) is 25.4 Å². The Morgan fingerprint density at radius 2 is 2.30 bits per heavy atom. The molecule has 1 heterocycles. The van der Waals surface area contributed by atoms with Crippen molar-refractivity contribution in [2.75, 3.05) is 7.11 Å². The monoisotopic (exact) mass is 144 g/mol. The van der Waals surface area contributed by atoms with Crippen LogP contribution in [0, 0.1) is 0 Å². The first-order chi connectivity index (χ1) is 4.77. The second-order valence-electron chi connectivity index (χ2n) is 2.90. The fourth-order valence-electron chi connectivity index (χ4n) is 1.53. The van der Waals surface area contributed by atoms with E-state index in [1.165, 1.54) is 0 Å². The summed E-state index contributed by atoms with van der Waals surface area (Å²) in [5.74, 6) is 0. The zero-order valence-corrected chi connectivity index (χ0v) is 6.96. The molecule has 0 aromatic rings. The molecule has 0 N–H and O–H groups in total. The molecule has 1 rings (SSSR count). The lowest BCUT2D eigenvalue weighted by Gasteiger charge is -2.13. The quantitative estimate of drug-likeness (QED) is 0.586.